The number of aromatic nitrogens is 2. The van der Waals surface area contributed by atoms with Gasteiger partial charge in [-0.15, -0.1) is 5.10 Å². The van der Waals surface area contributed by atoms with Gasteiger partial charge in [0.1, 0.15) is 16.6 Å². The maximum absolute atomic E-state index is 13.5. The molecule has 0 amide bonds. The second-order valence-electron chi connectivity index (χ2n) is 4.47. The van der Waals surface area contributed by atoms with E-state index >= 15 is 0 Å². The monoisotopic (exact) mass is 291 g/mol. The maximum atomic E-state index is 13.5. The molecule has 2 aromatic rings. The Morgan fingerprint density at radius 2 is 1.95 bits per heavy atom. The first-order valence-electron chi connectivity index (χ1n) is 5.98. The third kappa shape index (κ3) is 2.75. The van der Waals surface area contributed by atoms with Crippen LogP contribution in [-0.4, -0.2) is 15.2 Å². The third-order valence-corrected chi connectivity index (χ3v) is 3.23. The van der Waals surface area contributed by atoms with Gasteiger partial charge in [-0.25, -0.2) is 4.39 Å². The molecule has 0 unspecified atom stereocenters. The Morgan fingerprint density at radius 1 is 1.25 bits per heavy atom. The molecule has 6 heteroatoms. The molecule has 2 N–H and O–H groups in total. The molecular weight excluding hydrogens is 277 g/mol. The number of aryl methyl sites for hydroxylation is 2. The van der Waals surface area contributed by atoms with Crippen LogP contribution in [0.15, 0.2) is 18.2 Å². The van der Waals surface area contributed by atoms with Crippen molar-refractivity contribution in [2.75, 3.05) is 0 Å². The van der Waals surface area contributed by atoms with E-state index in [2.05, 4.69) is 10.2 Å². The molecule has 0 radical (unpaired) electrons. The largest absolute Gasteiger partial charge is 0.437 e. The number of rotatable bonds is 3. The molecule has 0 saturated heterocycles. The van der Waals surface area contributed by atoms with Crippen molar-refractivity contribution < 1.29 is 9.13 Å². The summed E-state index contributed by atoms with van der Waals surface area (Å²) in [6, 6.07) is 4.56. The van der Waals surface area contributed by atoms with Crippen LogP contribution in [0.5, 0.6) is 11.6 Å². The minimum atomic E-state index is -0.351. The predicted octanol–water partition coefficient (Wildman–Crippen LogP) is 2.97. The average molecular weight is 291 g/mol. The van der Waals surface area contributed by atoms with E-state index in [0.29, 0.717) is 16.9 Å². The van der Waals surface area contributed by atoms with Crippen LogP contribution >= 0.6 is 12.2 Å². The lowest BCUT2D eigenvalue weighted by Crippen LogP contribution is -2.15. The zero-order valence-electron chi connectivity index (χ0n) is 11.4. The first-order chi connectivity index (χ1) is 9.40. The van der Waals surface area contributed by atoms with Crippen molar-refractivity contribution in [3.8, 4) is 11.6 Å². The Balaban J connectivity index is 2.45. The number of hydrogen-bond donors (Lipinski definition) is 1. The molecule has 0 bridgehead atoms. The summed E-state index contributed by atoms with van der Waals surface area (Å²) in [6.45, 7) is 5.32. The van der Waals surface area contributed by atoms with Crippen LogP contribution in [0.1, 0.15) is 22.4 Å². The minimum Gasteiger partial charge on any atom is -0.437 e. The van der Waals surface area contributed by atoms with E-state index in [1.165, 1.54) is 6.07 Å². The van der Waals surface area contributed by atoms with E-state index in [4.69, 9.17) is 22.7 Å². The lowest BCUT2D eigenvalue weighted by atomic mass is 10.1. The summed E-state index contributed by atoms with van der Waals surface area (Å²) >= 11 is 5.02. The highest BCUT2D eigenvalue weighted by Gasteiger charge is 2.16. The van der Waals surface area contributed by atoms with Gasteiger partial charge in [0.15, 0.2) is 0 Å². The van der Waals surface area contributed by atoms with Gasteiger partial charge >= 0.3 is 0 Å². The van der Waals surface area contributed by atoms with Gasteiger partial charge in [0.2, 0.25) is 5.88 Å². The summed E-state index contributed by atoms with van der Waals surface area (Å²) in [7, 11) is 0. The van der Waals surface area contributed by atoms with E-state index in [1.807, 2.05) is 6.92 Å². The van der Waals surface area contributed by atoms with Gasteiger partial charge in [0.05, 0.1) is 11.3 Å². The molecule has 4 nitrogen and oxygen atoms in total. The van der Waals surface area contributed by atoms with Crippen LogP contribution in [0, 0.1) is 26.6 Å². The van der Waals surface area contributed by atoms with Crippen molar-refractivity contribution in [1.82, 2.24) is 10.2 Å². The normalized spacial score (nSPS) is 10.4. The number of hydrogen-bond acceptors (Lipinski definition) is 4. The van der Waals surface area contributed by atoms with Crippen molar-refractivity contribution in [2.45, 2.75) is 20.8 Å². The molecule has 0 aliphatic heterocycles. The predicted molar refractivity (Wildman–Crippen MR) is 78.6 cm³/mol. The summed E-state index contributed by atoms with van der Waals surface area (Å²) < 4.78 is 19.1. The van der Waals surface area contributed by atoms with Gasteiger partial charge in [-0.1, -0.05) is 18.3 Å². The Labute approximate surface area is 121 Å². The first kappa shape index (κ1) is 14.3. The zero-order chi connectivity index (χ0) is 14.9. The molecule has 0 spiro atoms. The Hall–Kier alpha value is -2.08. The smallest absolute Gasteiger partial charge is 0.249 e. The third-order valence-electron chi connectivity index (χ3n) is 3.03. The molecule has 1 aromatic carbocycles. The fourth-order valence-electron chi connectivity index (χ4n) is 1.70. The van der Waals surface area contributed by atoms with Gasteiger partial charge < -0.3 is 10.5 Å². The van der Waals surface area contributed by atoms with Crippen molar-refractivity contribution in [3.05, 3.63) is 46.4 Å². The summed E-state index contributed by atoms with van der Waals surface area (Å²) in [6.07, 6.45) is 0. The quantitative estimate of drug-likeness (QED) is 0.881. The summed E-state index contributed by atoms with van der Waals surface area (Å²) in [4.78, 5) is 0.170. The van der Waals surface area contributed by atoms with E-state index in [1.54, 1.807) is 26.0 Å². The number of thiocarbonyl (C=S) groups is 1. The zero-order valence-corrected chi connectivity index (χ0v) is 12.2. The Bertz CT molecular complexity index is 688. The van der Waals surface area contributed by atoms with E-state index < -0.39 is 0 Å². The summed E-state index contributed by atoms with van der Waals surface area (Å²) in [5.41, 5.74) is 8.28. The lowest BCUT2D eigenvalue weighted by Gasteiger charge is -2.12. The van der Waals surface area contributed by atoms with Crippen LogP contribution in [0.3, 0.4) is 0 Å². The molecule has 0 saturated carbocycles. The minimum absolute atomic E-state index is 0.170. The standard InChI is InChI=1S/C14H14FN3OS/c1-7-4-5-10(6-11(7)15)19-14-12(13(16)20)8(2)9(3)17-18-14/h4-6H,1-3H3,(H2,16,20). The van der Waals surface area contributed by atoms with Gasteiger partial charge in [-0.2, -0.15) is 5.10 Å². The molecule has 1 aromatic heterocycles. The molecule has 20 heavy (non-hydrogen) atoms. The van der Waals surface area contributed by atoms with Crippen LogP contribution in [0.2, 0.25) is 0 Å². The van der Waals surface area contributed by atoms with Crippen LogP contribution in [-0.2, 0) is 0 Å². The highest BCUT2D eigenvalue weighted by atomic mass is 32.1. The van der Waals surface area contributed by atoms with Crippen molar-refractivity contribution in [3.63, 3.8) is 0 Å². The average Bonchev–Trinajstić information content (AvgIpc) is 2.38. The van der Waals surface area contributed by atoms with Gasteiger partial charge in [0.25, 0.3) is 0 Å². The second-order valence-corrected chi connectivity index (χ2v) is 4.91. The van der Waals surface area contributed by atoms with Crippen molar-refractivity contribution in [2.24, 2.45) is 5.73 Å². The number of halogens is 1. The van der Waals surface area contributed by atoms with E-state index in [-0.39, 0.29) is 16.7 Å². The molecule has 0 aliphatic carbocycles. The van der Waals surface area contributed by atoms with Crippen molar-refractivity contribution >= 4 is 17.2 Å². The highest BCUT2D eigenvalue weighted by molar-refractivity contribution is 7.80. The molecule has 2 rings (SSSR count). The molecule has 104 valence electrons. The number of benzene rings is 1. The number of nitrogens with two attached hydrogens (primary N) is 1. The maximum Gasteiger partial charge on any atom is 0.249 e. The Kier molecular flexibility index (Phi) is 3.94. The SMILES string of the molecule is Cc1ccc(Oc2nnc(C)c(C)c2C(N)=S)cc1F. The van der Waals surface area contributed by atoms with E-state index in [9.17, 15) is 4.39 Å². The van der Waals surface area contributed by atoms with Crippen LogP contribution < -0.4 is 10.5 Å². The van der Waals surface area contributed by atoms with Gasteiger partial charge in [0, 0.05) is 6.07 Å². The molecular formula is C14H14FN3OS. The first-order valence-corrected chi connectivity index (χ1v) is 6.38. The fourth-order valence-corrected chi connectivity index (χ4v) is 1.94. The van der Waals surface area contributed by atoms with Crippen LogP contribution in [0.25, 0.3) is 0 Å². The fraction of sp³-hybridized carbons (Fsp3) is 0.214. The Morgan fingerprint density at radius 3 is 2.55 bits per heavy atom. The van der Waals surface area contributed by atoms with Crippen LogP contribution in [0.4, 0.5) is 4.39 Å². The lowest BCUT2D eigenvalue weighted by molar-refractivity contribution is 0.448. The second kappa shape index (κ2) is 5.50. The molecule has 0 atom stereocenters. The number of ether oxygens (including phenoxy) is 1. The van der Waals surface area contributed by atoms with Crippen molar-refractivity contribution in [1.29, 1.82) is 0 Å². The van der Waals surface area contributed by atoms with Gasteiger partial charge in [-0.05, 0) is 38.0 Å². The van der Waals surface area contributed by atoms with Gasteiger partial charge in [-0.3, -0.25) is 0 Å². The number of nitrogens with zero attached hydrogens (tertiary/aromatic N) is 2. The highest BCUT2D eigenvalue weighted by Crippen LogP contribution is 2.27. The molecule has 0 aliphatic rings. The molecule has 0 fully saturated rings. The summed E-state index contributed by atoms with van der Waals surface area (Å²) in [5.74, 6) is 0.156. The topological polar surface area (TPSA) is 61.0 Å². The summed E-state index contributed by atoms with van der Waals surface area (Å²) in [5, 5.41) is 7.92. The molecule has 1 heterocycles. The van der Waals surface area contributed by atoms with E-state index in [0.717, 1.165) is 11.3 Å².